The summed E-state index contributed by atoms with van der Waals surface area (Å²) in [5, 5.41) is 1.54. The highest BCUT2D eigenvalue weighted by molar-refractivity contribution is 8.18. The summed E-state index contributed by atoms with van der Waals surface area (Å²) < 4.78 is 5.47. The molecule has 2 aromatic rings. The molecule has 4 rings (SSSR count). The van der Waals surface area contributed by atoms with E-state index in [1.807, 2.05) is 36.4 Å². The van der Waals surface area contributed by atoms with Gasteiger partial charge in [0.05, 0.1) is 12.0 Å². The van der Waals surface area contributed by atoms with E-state index in [-0.39, 0.29) is 12.5 Å². The Bertz CT molecular complexity index is 1010. The van der Waals surface area contributed by atoms with Gasteiger partial charge in [-0.1, -0.05) is 30.3 Å². The Balaban J connectivity index is 1.61. The van der Waals surface area contributed by atoms with Gasteiger partial charge in [-0.15, -0.1) is 0 Å². The summed E-state index contributed by atoms with van der Waals surface area (Å²) in [6.45, 7) is 1.19. The molecule has 29 heavy (non-hydrogen) atoms. The van der Waals surface area contributed by atoms with Crippen LogP contribution in [0.2, 0.25) is 0 Å². The van der Waals surface area contributed by atoms with Gasteiger partial charge in [0.15, 0.2) is 0 Å². The lowest BCUT2D eigenvalue weighted by atomic mass is 10.0. The quantitative estimate of drug-likeness (QED) is 0.716. The van der Waals surface area contributed by atoms with E-state index in [0.29, 0.717) is 23.7 Å². The Morgan fingerprint density at radius 2 is 1.86 bits per heavy atom. The van der Waals surface area contributed by atoms with E-state index in [2.05, 4.69) is 0 Å². The van der Waals surface area contributed by atoms with Crippen LogP contribution in [0.1, 0.15) is 24.8 Å². The van der Waals surface area contributed by atoms with Crippen molar-refractivity contribution in [2.45, 2.75) is 19.3 Å². The van der Waals surface area contributed by atoms with E-state index in [1.165, 1.54) is 0 Å². The number of carbonyl (C=O) groups is 3. The molecule has 0 unspecified atom stereocenters. The third kappa shape index (κ3) is 3.87. The minimum atomic E-state index is -0.430. The number of ether oxygens (including phenoxy) is 1. The fourth-order valence-electron chi connectivity index (χ4n) is 3.75. The van der Waals surface area contributed by atoms with Crippen LogP contribution in [-0.4, -0.2) is 53.6 Å². The number of carbonyl (C=O) groups excluding carboxylic acids is 3. The van der Waals surface area contributed by atoms with E-state index in [4.69, 9.17) is 4.74 Å². The SMILES string of the molecule is COc1ccc2ccccc2c1/C=C1/SC(=O)N(CC(=O)N2CCCCC2)C1=O. The molecule has 3 amide bonds. The molecule has 0 spiro atoms. The van der Waals surface area contributed by atoms with Crippen molar-refractivity contribution in [1.82, 2.24) is 9.80 Å². The van der Waals surface area contributed by atoms with E-state index in [1.54, 1.807) is 18.1 Å². The second-order valence-electron chi connectivity index (χ2n) is 7.11. The highest BCUT2D eigenvalue weighted by atomic mass is 32.2. The van der Waals surface area contributed by atoms with Gasteiger partial charge in [-0.2, -0.15) is 0 Å². The highest BCUT2D eigenvalue weighted by Gasteiger charge is 2.37. The number of piperidine rings is 1. The molecule has 2 aliphatic heterocycles. The van der Waals surface area contributed by atoms with Crippen molar-refractivity contribution in [3.63, 3.8) is 0 Å². The van der Waals surface area contributed by atoms with E-state index < -0.39 is 11.1 Å². The monoisotopic (exact) mass is 410 g/mol. The molecular formula is C22H22N2O4S. The maximum atomic E-state index is 12.9. The zero-order chi connectivity index (χ0) is 20.4. The number of likely N-dealkylation sites (tertiary alicyclic amines) is 1. The Morgan fingerprint density at radius 1 is 1.10 bits per heavy atom. The van der Waals surface area contributed by atoms with Gasteiger partial charge in [0.2, 0.25) is 5.91 Å². The molecule has 2 saturated heterocycles. The Morgan fingerprint density at radius 3 is 2.62 bits per heavy atom. The topological polar surface area (TPSA) is 66.9 Å². The maximum Gasteiger partial charge on any atom is 0.294 e. The number of benzene rings is 2. The number of hydrogen-bond donors (Lipinski definition) is 0. The molecule has 2 heterocycles. The minimum Gasteiger partial charge on any atom is -0.496 e. The molecule has 0 N–H and O–H groups in total. The minimum absolute atomic E-state index is 0.170. The first-order valence-corrected chi connectivity index (χ1v) is 10.5. The van der Waals surface area contributed by atoms with Crippen LogP contribution < -0.4 is 4.74 Å². The predicted octanol–water partition coefficient (Wildman–Crippen LogP) is 3.90. The van der Waals surface area contributed by atoms with Crippen molar-refractivity contribution in [1.29, 1.82) is 0 Å². The van der Waals surface area contributed by atoms with Crippen LogP contribution in [0.15, 0.2) is 41.3 Å². The normalized spacial score (nSPS) is 18.7. The third-order valence-electron chi connectivity index (χ3n) is 5.30. The number of rotatable bonds is 4. The smallest absolute Gasteiger partial charge is 0.294 e. The summed E-state index contributed by atoms with van der Waals surface area (Å²) >= 11 is 0.865. The maximum absolute atomic E-state index is 12.9. The van der Waals surface area contributed by atoms with Crippen LogP contribution in [0.5, 0.6) is 5.75 Å². The Labute approximate surface area is 173 Å². The van der Waals surface area contributed by atoms with Crippen LogP contribution in [0.25, 0.3) is 16.8 Å². The molecule has 2 aromatic carbocycles. The summed E-state index contributed by atoms with van der Waals surface area (Å²) in [4.78, 5) is 40.9. The second-order valence-corrected chi connectivity index (χ2v) is 8.11. The summed E-state index contributed by atoms with van der Waals surface area (Å²) in [6, 6.07) is 11.6. The number of amides is 3. The summed E-state index contributed by atoms with van der Waals surface area (Å²) in [6.07, 6.45) is 4.74. The largest absolute Gasteiger partial charge is 0.496 e. The Kier molecular flexibility index (Phi) is 5.58. The van der Waals surface area contributed by atoms with Crippen LogP contribution in [0, 0.1) is 0 Å². The van der Waals surface area contributed by atoms with Crippen LogP contribution >= 0.6 is 11.8 Å². The van der Waals surface area contributed by atoms with Crippen molar-refractivity contribution < 1.29 is 19.1 Å². The van der Waals surface area contributed by atoms with Crippen LogP contribution in [0.4, 0.5) is 4.79 Å². The molecule has 0 atom stereocenters. The molecule has 0 bridgehead atoms. The van der Waals surface area contributed by atoms with Gasteiger partial charge >= 0.3 is 0 Å². The lowest BCUT2D eigenvalue weighted by Crippen LogP contribution is -2.44. The zero-order valence-corrected chi connectivity index (χ0v) is 17.0. The van der Waals surface area contributed by atoms with Crippen molar-refractivity contribution in [3.05, 3.63) is 46.9 Å². The lowest BCUT2D eigenvalue weighted by molar-refractivity contribution is -0.136. The third-order valence-corrected chi connectivity index (χ3v) is 6.21. The number of imide groups is 1. The number of hydrogen-bond acceptors (Lipinski definition) is 5. The first kappa shape index (κ1) is 19.5. The van der Waals surface area contributed by atoms with Gasteiger partial charge in [0.25, 0.3) is 11.1 Å². The van der Waals surface area contributed by atoms with Gasteiger partial charge in [-0.3, -0.25) is 19.3 Å². The average Bonchev–Trinajstić information content (AvgIpc) is 3.02. The predicted molar refractivity (Wildman–Crippen MR) is 114 cm³/mol. The average molecular weight is 410 g/mol. The highest BCUT2D eigenvalue weighted by Crippen LogP contribution is 2.36. The molecular weight excluding hydrogens is 388 g/mol. The van der Waals surface area contributed by atoms with Crippen LogP contribution in [0.3, 0.4) is 0 Å². The molecule has 0 saturated carbocycles. The Hall–Kier alpha value is -2.80. The van der Waals surface area contributed by atoms with Gasteiger partial charge in [-0.05, 0) is 53.9 Å². The van der Waals surface area contributed by atoms with E-state index in [0.717, 1.165) is 52.3 Å². The standard InChI is InChI=1S/C22H22N2O4S/c1-28-18-10-9-15-7-3-4-8-16(15)17(18)13-19-21(26)24(22(27)29-19)14-20(25)23-11-5-2-6-12-23/h3-4,7-10,13H,2,5-6,11-12,14H2,1H3/b19-13+. The summed E-state index contributed by atoms with van der Waals surface area (Å²) in [5.41, 5.74) is 0.749. The van der Waals surface area contributed by atoms with Crippen molar-refractivity contribution in [2.24, 2.45) is 0 Å². The van der Waals surface area contributed by atoms with Crippen molar-refractivity contribution >= 4 is 45.7 Å². The molecule has 6 nitrogen and oxygen atoms in total. The van der Waals surface area contributed by atoms with Crippen molar-refractivity contribution in [2.75, 3.05) is 26.7 Å². The van der Waals surface area contributed by atoms with Gasteiger partial charge in [-0.25, -0.2) is 0 Å². The van der Waals surface area contributed by atoms with Crippen LogP contribution in [-0.2, 0) is 9.59 Å². The van der Waals surface area contributed by atoms with E-state index in [9.17, 15) is 14.4 Å². The zero-order valence-electron chi connectivity index (χ0n) is 16.2. The van der Waals surface area contributed by atoms with Gasteiger partial charge in [0.1, 0.15) is 12.3 Å². The fourth-order valence-corrected chi connectivity index (χ4v) is 4.57. The first-order chi connectivity index (χ1) is 14.1. The number of fused-ring (bicyclic) bond motifs is 1. The van der Waals surface area contributed by atoms with Crippen molar-refractivity contribution in [3.8, 4) is 5.75 Å². The summed E-state index contributed by atoms with van der Waals surface area (Å²) in [5.74, 6) is 0.0243. The molecule has 2 fully saturated rings. The number of methoxy groups -OCH3 is 1. The molecule has 0 aliphatic carbocycles. The summed E-state index contributed by atoms with van der Waals surface area (Å²) in [7, 11) is 1.57. The lowest BCUT2D eigenvalue weighted by Gasteiger charge is -2.27. The number of nitrogens with zero attached hydrogens (tertiary/aromatic N) is 2. The molecule has 0 radical (unpaired) electrons. The van der Waals surface area contributed by atoms with Gasteiger partial charge < -0.3 is 9.64 Å². The molecule has 150 valence electrons. The first-order valence-electron chi connectivity index (χ1n) is 9.67. The number of thioether (sulfide) groups is 1. The molecule has 2 aliphatic rings. The fraction of sp³-hybridized carbons (Fsp3) is 0.318. The second kappa shape index (κ2) is 8.29. The molecule has 0 aromatic heterocycles. The van der Waals surface area contributed by atoms with E-state index >= 15 is 0 Å². The molecule has 7 heteroatoms. The van der Waals surface area contributed by atoms with Gasteiger partial charge in [0, 0.05) is 18.7 Å².